The second kappa shape index (κ2) is 7.05. The van der Waals surface area contributed by atoms with E-state index in [9.17, 15) is 4.79 Å². The van der Waals surface area contributed by atoms with Gasteiger partial charge >= 0.3 is 0 Å². The molecule has 0 saturated heterocycles. The van der Waals surface area contributed by atoms with Gasteiger partial charge in [0.15, 0.2) is 0 Å². The molecule has 1 fully saturated rings. The summed E-state index contributed by atoms with van der Waals surface area (Å²) >= 11 is 0. The van der Waals surface area contributed by atoms with Crippen molar-refractivity contribution in [1.82, 2.24) is 20.3 Å². The molecule has 1 aliphatic rings. The Morgan fingerprint density at radius 1 is 1.19 bits per heavy atom. The number of aromatic nitrogens is 3. The number of hydrogen-bond acceptors (Lipinski definition) is 7. The highest BCUT2D eigenvalue weighted by Crippen LogP contribution is 2.18. The molecule has 0 atom stereocenters. The first-order valence-corrected chi connectivity index (χ1v) is 7.29. The molecular weight excluding hydrogens is 270 g/mol. The smallest absolute Gasteiger partial charge is 0.239 e. The van der Waals surface area contributed by atoms with Crippen LogP contribution in [0.4, 0.5) is 17.8 Å². The van der Waals surface area contributed by atoms with E-state index in [1.54, 1.807) is 4.90 Å². The second-order valence-corrected chi connectivity index (χ2v) is 5.30. The first-order valence-electron chi connectivity index (χ1n) is 7.29. The zero-order valence-corrected chi connectivity index (χ0v) is 12.8. The summed E-state index contributed by atoms with van der Waals surface area (Å²) in [5.74, 6) is 1.43. The monoisotopic (exact) mass is 293 g/mol. The predicted octanol–water partition coefficient (Wildman–Crippen LogP) is 0.450. The van der Waals surface area contributed by atoms with Gasteiger partial charge in [0.25, 0.3) is 0 Å². The molecule has 0 unspecified atom stereocenters. The summed E-state index contributed by atoms with van der Waals surface area (Å²) in [7, 11) is 3.73. The maximum atomic E-state index is 11.7. The minimum atomic E-state index is -0.0348. The molecule has 0 radical (unpaired) electrons. The van der Waals surface area contributed by atoms with E-state index in [-0.39, 0.29) is 12.5 Å². The van der Waals surface area contributed by atoms with Crippen molar-refractivity contribution >= 4 is 23.8 Å². The molecule has 2 rings (SSSR count). The van der Waals surface area contributed by atoms with Crippen LogP contribution in [0.2, 0.25) is 0 Å². The van der Waals surface area contributed by atoms with Gasteiger partial charge in [0.05, 0.1) is 6.54 Å². The Morgan fingerprint density at radius 2 is 1.86 bits per heavy atom. The third-order valence-electron chi connectivity index (χ3n) is 2.91. The minimum absolute atomic E-state index is 0.0348. The van der Waals surface area contributed by atoms with E-state index in [0.717, 1.165) is 25.8 Å². The minimum Gasteiger partial charge on any atom is -0.354 e. The molecule has 1 heterocycles. The SMILES string of the molecule is CCCNc1nc(NCC(=O)NC2CC2)nc(N(C)C)n1. The molecular formula is C13H23N7O. The van der Waals surface area contributed by atoms with Gasteiger partial charge in [-0.15, -0.1) is 0 Å². The van der Waals surface area contributed by atoms with Crippen LogP contribution in [-0.4, -0.2) is 54.1 Å². The van der Waals surface area contributed by atoms with Gasteiger partial charge in [-0.3, -0.25) is 4.79 Å². The van der Waals surface area contributed by atoms with Gasteiger partial charge in [0.2, 0.25) is 23.8 Å². The van der Waals surface area contributed by atoms with Crippen molar-refractivity contribution in [2.24, 2.45) is 0 Å². The van der Waals surface area contributed by atoms with Gasteiger partial charge in [0.1, 0.15) is 0 Å². The molecule has 116 valence electrons. The van der Waals surface area contributed by atoms with Crippen LogP contribution in [0.1, 0.15) is 26.2 Å². The fourth-order valence-corrected chi connectivity index (χ4v) is 1.63. The first kappa shape index (κ1) is 15.3. The lowest BCUT2D eigenvalue weighted by Crippen LogP contribution is -2.32. The van der Waals surface area contributed by atoms with Crippen molar-refractivity contribution in [2.45, 2.75) is 32.2 Å². The van der Waals surface area contributed by atoms with E-state index in [1.165, 1.54) is 0 Å². The van der Waals surface area contributed by atoms with Crippen molar-refractivity contribution < 1.29 is 4.79 Å². The van der Waals surface area contributed by atoms with Crippen molar-refractivity contribution in [3.05, 3.63) is 0 Å². The second-order valence-electron chi connectivity index (χ2n) is 5.30. The number of carbonyl (C=O) groups excluding carboxylic acids is 1. The summed E-state index contributed by atoms with van der Waals surface area (Å²) in [6.07, 6.45) is 3.14. The van der Waals surface area contributed by atoms with E-state index in [4.69, 9.17) is 0 Å². The largest absolute Gasteiger partial charge is 0.354 e. The highest BCUT2D eigenvalue weighted by Gasteiger charge is 2.23. The fraction of sp³-hybridized carbons (Fsp3) is 0.692. The number of amides is 1. The first-order chi connectivity index (χ1) is 10.1. The fourth-order valence-electron chi connectivity index (χ4n) is 1.63. The van der Waals surface area contributed by atoms with Crippen molar-refractivity contribution in [1.29, 1.82) is 0 Å². The summed E-state index contributed by atoms with van der Waals surface area (Å²) in [5.41, 5.74) is 0. The lowest BCUT2D eigenvalue weighted by Gasteiger charge is -2.14. The number of hydrogen-bond donors (Lipinski definition) is 3. The Morgan fingerprint density at radius 3 is 2.43 bits per heavy atom. The van der Waals surface area contributed by atoms with Crippen LogP contribution >= 0.6 is 0 Å². The van der Waals surface area contributed by atoms with Gasteiger partial charge in [-0.25, -0.2) is 0 Å². The quantitative estimate of drug-likeness (QED) is 0.640. The molecule has 1 amide bonds. The van der Waals surface area contributed by atoms with E-state index in [1.807, 2.05) is 14.1 Å². The van der Waals surface area contributed by atoms with Gasteiger partial charge in [-0.1, -0.05) is 6.92 Å². The summed E-state index contributed by atoms with van der Waals surface area (Å²) in [6, 6.07) is 0.358. The third-order valence-corrected chi connectivity index (χ3v) is 2.91. The molecule has 3 N–H and O–H groups in total. The average molecular weight is 293 g/mol. The number of carbonyl (C=O) groups is 1. The van der Waals surface area contributed by atoms with Gasteiger partial charge in [0, 0.05) is 26.7 Å². The normalized spacial score (nSPS) is 13.7. The van der Waals surface area contributed by atoms with E-state index in [2.05, 4.69) is 37.8 Å². The van der Waals surface area contributed by atoms with E-state index in [0.29, 0.717) is 23.9 Å². The maximum absolute atomic E-state index is 11.7. The van der Waals surface area contributed by atoms with Crippen LogP contribution in [0.5, 0.6) is 0 Å². The topological polar surface area (TPSA) is 95.1 Å². The summed E-state index contributed by atoms with van der Waals surface area (Å²) < 4.78 is 0. The van der Waals surface area contributed by atoms with Crippen LogP contribution in [0, 0.1) is 0 Å². The summed E-state index contributed by atoms with van der Waals surface area (Å²) in [4.78, 5) is 26.3. The highest BCUT2D eigenvalue weighted by atomic mass is 16.2. The number of rotatable bonds is 8. The predicted molar refractivity (Wildman–Crippen MR) is 82.6 cm³/mol. The van der Waals surface area contributed by atoms with Crippen LogP contribution in [-0.2, 0) is 4.79 Å². The Balaban J connectivity index is 1.98. The lowest BCUT2D eigenvalue weighted by molar-refractivity contribution is -0.119. The van der Waals surface area contributed by atoms with Crippen LogP contribution in [0.3, 0.4) is 0 Å². The molecule has 1 aromatic rings. The van der Waals surface area contributed by atoms with Crippen LogP contribution in [0.15, 0.2) is 0 Å². The van der Waals surface area contributed by atoms with Crippen LogP contribution in [0.25, 0.3) is 0 Å². The molecule has 8 nitrogen and oxygen atoms in total. The average Bonchev–Trinajstić information content (AvgIpc) is 3.26. The van der Waals surface area contributed by atoms with Crippen molar-refractivity contribution in [3.63, 3.8) is 0 Å². The highest BCUT2D eigenvalue weighted by molar-refractivity contribution is 5.80. The molecule has 1 aromatic heterocycles. The molecule has 8 heteroatoms. The van der Waals surface area contributed by atoms with Gasteiger partial charge < -0.3 is 20.9 Å². The number of nitrogens with one attached hydrogen (secondary N) is 3. The standard InChI is InChI=1S/C13H23N7O/c1-4-7-14-11-17-12(19-13(18-11)20(2)3)15-8-10(21)16-9-5-6-9/h9H,4-8H2,1-3H3,(H,16,21)(H2,14,15,17,18,19). The molecule has 0 aromatic carbocycles. The molecule has 0 bridgehead atoms. The lowest BCUT2D eigenvalue weighted by atomic mass is 10.5. The van der Waals surface area contributed by atoms with Gasteiger partial charge in [-0.2, -0.15) is 15.0 Å². The Hall–Kier alpha value is -2.12. The van der Waals surface area contributed by atoms with E-state index >= 15 is 0 Å². The van der Waals surface area contributed by atoms with Gasteiger partial charge in [-0.05, 0) is 19.3 Å². The number of anilines is 3. The molecule has 0 aliphatic heterocycles. The Kier molecular flexibility index (Phi) is 5.13. The van der Waals surface area contributed by atoms with Crippen LogP contribution < -0.4 is 20.9 Å². The molecule has 1 aliphatic carbocycles. The molecule has 0 spiro atoms. The molecule has 1 saturated carbocycles. The van der Waals surface area contributed by atoms with E-state index < -0.39 is 0 Å². The summed E-state index contributed by atoms with van der Waals surface area (Å²) in [6.45, 7) is 3.03. The molecule has 21 heavy (non-hydrogen) atoms. The van der Waals surface area contributed by atoms with Crippen molar-refractivity contribution in [2.75, 3.05) is 42.7 Å². The third kappa shape index (κ3) is 5.05. The Bertz CT molecular complexity index is 487. The maximum Gasteiger partial charge on any atom is 0.239 e. The van der Waals surface area contributed by atoms with Crippen molar-refractivity contribution in [3.8, 4) is 0 Å². The zero-order valence-electron chi connectivity index (χ0n) is 12.8. The summed E-state index contributed by atoms with van der Waals surface area (Å²) in [5, 5.41) is 8.99. The Labute approximate surface area is 124 Å². The number of nitrogens with zero attached hydrogens (tertiary/aromatic N) is 4. The zero-order chi connectivity index (χ0) is 15.2.